The molecule has 2 aromatic rings. The van der Waals surface area contributed by atoms with Gasteiger partial charge in [0.1, 0.15) is 5.69 Å². The summed E-state index contributed by atoms with van der Waals surface area (Å²) in [6, 6.07) is 11.2. The Morgan fingerprint density at radius 1 is 1.29 bits per heavy atom. The summed E-state index contributed by atoms with van der Waals surface area (Å²) in [4.78, 5) is 12.1. The SMILES string of the molecule is CCn1cccc1C(=O)Nc1ccccc1Br. The average Bonchev–Trinajstić information content (AvgIpc) is 2.80. The van der Waals surface area contributed by atoms with E-state index in [1.165, 1.54) is 0 Å². The Hall–Kier alpha value is -1.55. The lowest BCUT2D eigenvalue weighted by atomic mass is 10.3. The number of aromatic nitrogens is 1. The van der Waals surface area contributed by atoms with Crippen LogP contribution in [-0.4, -0.2) is 10.5 Å². The molecule has 0 bridgehead atoms. The molecule has 0 saturated carbocycles. The van der Waals surface area contributed by atoms with Gasteiger partial charge in [0.2, 0.25) is 0 Å². The molecule has 0 aliphatic rings. The molecule has 2 rings (SSSR count). The van der Waals surface area contributed by atoms with Crippen molar-refractivity contribution in [2.45, 2.75) is 13.5 Å². The van der Waals surface area contributed by atoms with Gasteiger partial charge in [0.15, 0.2) is 0 Å². The Balaban J connectivity index is 2.20. The van der Waals surface area contributed by atoms with E-state index in [0.29, 0.717) is 5.69 Å². The number of rotatable bonds is 3. The second-order valence-corrected chi connectivity index (χ2v) is 4.47. The molecule has 0 aliphatic heterocycles. The van der Waals surface area contributed by atoms with Gasteiger partial charge in [0.25, 0.3) is 5.91 Å². The first-order chi connectivity index (χ1) is 8.22. The number of nitrogens with one attached hydrogen (secondary N) is 1. The lowest BCUT2D eigenvalue weighted by Crippen LogP contribution is -2.16. The van der Waals surface area contributed by atoms with Gasteiger partial charge in [-0.25, -0.2) is 0 Å². The van der Waals surface area contributed by atoms with Gasteiger partial charge in [-0.15, -0.1) is 0 Å². The third-order valence-corrected chi connectivity index (χ3v) is 3.22. The number of halogens is 1. The molecular weight excluding hydrogens is 280 g/mol. The molecule has 1 aromatic carbocycles. The second kappa shape index (κ2) is 5.19. The van der Waals surface area contributed by atoms with Crippen LogP contribution in [0.15, 0.2) is 47.1 Å². The zero-order valence-corrected chi connectivity index (χ0v) is 11.1. The van der Waals surface area contributed by atoms with E-state index in [0.717, 1.165) is 16.7 Å². The molecule has 0 saturated heterocycles. The van der Waals surface area contributed by atoms with E-state index in [2.05, 4.69) is 21.2 Å². The van der Waals surface area contributed by atoms with Crippen molar-refractivity contribution in [1.29, 1.82) is 0 Å². The van der Waals surface area contributed by atoms with Gasteiger partial charge in [0.05, 0.1) is 5.69 Å². The number of benzene rings is 1. The first-order valence-electron chi connectivity index (χ1n) is 5.43. The van der Waals surface area contributed by atoms with E-state index >= 15 is 0 Å². The summed E-state index contributed by atoms with van der Waals surface area (Å²) in [6.07, 6.45) is 1.90. The third-order valence-electron chi connectivity index (χ3n) is 2.52. The zero-order valence-electron chi connectivity index (χ0n) is 9.48. The predicted octanol–water partition coefficient (Wildman–Crippen LogP) is 3.52. The molecule has 4 heteroatoms. The fourth-order valence-corrected chi connectivity index (χ4v) is 2.03. The average molecular weight is 293 g/mol. The molecule has 0 spiro atoms. The van der Waals surface area contributed by atoms with Crippen molar-refractivity contribution in [3.8, 4) is 0 Å². The molecular formula is C13H13BrN2O. The summed E-state index contributed by atoms with van der Waals surface area (Å²) in [5, 5.41) is 2.88. The zero-order chi connectivity index (χ0) is 12.3. The van der Waals surface area contributed by atoms with E-state index in [1.807, 2.05) is 54.1 Å². The summed E-state index contributed by atoms with van der Waals surface area (Å²) in [5.41, 5.74) is 1.45. The van der Waals surface area contributed by atoms with Crippen molar-refractivity contribution in [3.05, 3.63) is 52.8 Å². The fourth-order valence-electron chi connectivity index (χ4n) is 1.64. The van der Waals surface area contributed by atoms with Crippen molar-refractivity contribution in [2.75, 3.05) is 5.32 Å². The molecule has 0 atom stereocenters. The first-order valence-corrected chi connectivity index (χ1v) is 6.22. The summed E-state index contributed by atoms with van der Waals surface area (Å²) in [7, 11) is 0. The standard InChI is InChI=1S/C13H13BrN2O/c1-2-16-9-5-8-12(16)13(17)15-11-7-4-3-6-10(11)14/h3-9H,2H2,1H3,(H,15,17). The Bertz CT molecular complexity index is 534. The van der Waals surface area contributed by atoms with Gasteiger partial charge in [-0.05, 0) is 47.1 Å². The molecule has 0 radical (unpaired) electrons. The van der Waals surface area contributed by atoms with Crippen LogP contribution in [0, 0.1) is 0 Å². The van der Waals surface area contributed by atoms with Crippen LogP contribution < -0.4 is 5.32 Å². The topological polar surface area (TPSA) is 34.0 Å². The Kier molecular flexibility index (Phi) is 3.64. The number of aryl methyl sites for hydroxylation is 1. The maximum atomic E-state index is 12.1. The molecule has 1 amide bonds. The molecule has 0 unspecified atom stereocenters. The minimum Gasteiger partial charge on any atom is -0.344 e. The quantitative estimate of drug-likeness (QED) is 0.923. The van der Waals surface area contributed by atoms with Gasteiger partial charge in [-0.2, -0.15) is 0 Å². The lowest BCUT2D eigenvalue weighted by molar-refractivity contribution is 0.101. The lowest BCUT2D eigenvalue weighted by Gasteiger charge is -2.09. The number of nitrogens with zero attached hydrogens (tertiary/aromatic N) is 1. The molecule has 0 fully saturated rings. The van der Waals surface area contributed by atoms with Crippen LogP contribution in [-0.2, 0) is 6.54 Å². The number of carbonyl (C=O) groups excluding carboxylic acids is 1. The van der Waals surface area contributed by atoms with Crippen LogP contribution in [0.3, 0.4) is 0 Å². The number of amides is 1. The molecule has 17 heavy (non-hydrogen) atoms. The Labute approximate surface area is 109 Å². The van der Waals surface area contributed by atoms with Crippen molar-refractivity contribution < 1.29 is 4.79 Å². The van der Waals surface area contributed by atoms with Gasteiger partial charge in [-0.1, -0.05) is 12.1 Å². The largest absolute Gasteiger partial charge is 0.344 e. The normalized spacial score (nSPS) is 10.2. The highest BCUT2D eigenvalue weighted by Gasteiger charge is 2.11. The van der Waals surface area contributed by atoms with Crippen LogP contribution >= 0.6 is 15.9 Å². The highest BCUT2D eigenvalue weighted by molar-refractivity contribution is 9.10. The maximum absolute atomic E-state index is 12.1. The molecule has 1 heterocycles. The van der Waals surface area contributed by atoms with Crippen LogP contribution in [0.1, 0.15) is 17.4 Å². The number of hydrogen-bond acceptors (Lipinski definition) is 1. The number of hydrogen-bond donors (Lipinski definition) is 1. The summed E-state index contributed by atoms with van der Waals surface area (Å²) in [5.74, 6) is -0.0937. The van der Waals surface area contributed by atoms with Crippen LogP contribution in [0.25, 0.3) is 0 Å². The van der Waals surface area contributed by atoms with Gasteiger partial charge >= 0.3 is 0 Å². The smallest absolute Gasteiger partial charge is 0.272 e. The predicted molar refractivity (Wildman–Crippen MR) is 72.2 cm³/mol. The van der Waals surface area contributed by atoms with Crippen molar-refractivity contribution >= 4 is 27.5 Å². The molecule has 0 aliphatic carbocycles. The molecule has 88 valence electrons. The Morgan fingerprint density at radius 3 is 2.76 bits per heavy atom. The van der Waals surface area contributed by atoms with E-state index < -0.39 is 0 Å². The van der Waals surface area contributed by atoms with E-state index in [1.54, 1.807) is 0 Å². The first kappa shape index (κ1) is 11.9. The van der Waals surface area contributed by atoms with Gasteiger partial charge in [-0.3, -0.25) is 4.79 Å². The van der Waals surface area contributed by atoms with E-state index in [9.17, 15) is 4.79 Å². The van der Waals surface area contributed by atoms with Crippen molar-refractivity contribution in [3.63, 3.8) is 0 Å². The van der Waals surface area contributed by atoms with Crippen LogP contribution in [0.2, 0.25) is 0 Å². The van der Waals surface area contributed by atoms with Crippen molar-refractivity contribution in [1.82, 2.24) is 4.57 Å². The molecule has 1 aromatic heterocycles. The fraction of sp³-hybridized carbons (Fsp3) is 0.154. The summed E-state index contributed by atoms with van der Waals surface area (Å²) in [6.45, 7) is 2.79. The van der Waals surface area contributed by atoms with Crippen LogP contribution in [0.4, 0.5) is 5.69 Å². The molecule has 1 N–H and O–H groups in total. The monoisotopic (exact) mass is 292 g/mol. The van der Waals surface area contributed by atoms with E-state index in [4.69, 9.17) is 0 Å². The molecule has 3 nitrogen and oxygen atoms in total. The summed E-state index contributed by atoms with van der Waals surface area (Å²) < 4.78 is 2.79. The number of carbonyl (C=O) groups is 1. The third kappa shape index (κ3) is 2.58. The Morgan fingerprint density at radius 2 is 2.06 bits per heavy atom. The van der Waals surface area contributed by atoms with E-state index in [-0.39, 0.29) is 5.91 Å². The van der Waals surface area contributed by atoms with Gasteiger partial charge < -0.3 is 9.88 Å². The highest BCUT2D eigenvalue weighted by Crippen LogP contribution is 2.21. The summed E-state index contributed by atoms with van der Waals surface area (Å²) >= 11 is 3.40. The van der Waals surface area contributed by atoms with Crippen LogP contribution in [0.5, 0.6) is 0 Å². The minimum atomic E-state index is -0.0937. The number of para-hydroxylation sites is 1. The maximum Gasteiger partial charge on any atom is 0.272 e. The highest BCUT2D eigenvalue weighted by atomic mass is 79.9. The van der Waals surface area contributed by atoms with Gasteiger partial charge in [0, 0.05) is 17.2 Å². The van der Waals surface area contributed by atoms with Crippen molar-refractivity contribution in [2.24, 2.45) is 0 Å². The minimum absolute atomic E-state index is 0.0937. The second-order valence-electron chi connectivity index (χ2n) is 3.61. The number of anilines is 1.